The molecule has 0 aromatic carbocycles. The van der Waals surface area contributed by atoms with Gasteiger partial charge in [-0.2, -0.15) is 0 Å². The number of hydrogen-bond acceptors (Lipinski definition) is 3. The Bertz CT molecular complexity index is 871. The standard InChI is InChI=1S/C25H41NO3.C7H15NO2.C2H6.C2H4.2H2O.3H2/c1-24-14-4-3-6-17(24)9-11-19-20-12-10-18(25(20,2)15-13-21(19)24)7-5-8-22(27)26-16-23(28)29;1-3-5-6(4-2)8-7(9)10;2*1-2;;;;;/h17-21H,3-16H2,1-2H3,(H,26,27)(H,28,29);6,8H,3-5H2,1-2H3,(H,9,10);1-2H3;1-2H2;2*1H2;3*1H/t17-,18-,19-,20?,21?,24-,25+;;;;;;;;/m0......../s1. The Labute approximate surface area is 278 Å². The van der Waals surface area contributed by atoms with Gasteiger partial charge >= 0.3 is 12.1 Å². The van der Waals surface area contributed by atoms with Gasteiger partial charge < -0.3 is 31.8 Å². The van der Waals surface area contributed by atoms with Crippen molar-refractivity contribution in [3.63, 3.8) is 0 Å². The van der Waals surface area contributed by atoms with Crippen LogP contribution in [0.25, 0.3) is 0 Å². The molecule has 0 aliphatic heterocycles. The molecule has 4 fully saturated rings. The fraction of sp³-hybridized carbons (Fsp3) is 0.861. The minimum absolute atomic E-state index is 0. The highest BCUT2D eigenvalue weighted by Gasteiger charge is 2.59. The van der Waals surface area contributed by atoms with Crippen molar-refractivity contribution in [3.05, 3.63) is 13.2 Å². The first-order valence-electron chi connectivity index (χ1n) is 17.5. The number of hydrogen-bond donors (Lipinski definition) is 4. The van der Waals surface area contributed by atoms with Gasteiger partial charge in [-0.1, -0.05) is 60.8 Å². The Morgan fingerprint density at radius 2 is 1.53 bits per heavy atom. The Morgan fingerprint density at radius 1 is 0.889 bits per heavy atom. The van der Waals surface area contributed by atoms with Crippen LogP contribution in [-0.4, -0.2) is 51.7 Å². The summed E-state index contributed by atoms with van der Waals surface area (Å²) in [6.45, 7) is 19.0. The lowest BCUT2D eigenvalue weighted by atomic mass is 9.45. The van der Waals surface area contributed by atoms with Crippen LogP contribution in [0, 0.1) is 40.4 Å². The van der Waals surface area contributed by atoms with Crippen LogP contribution in [0.15, 0.2) is 13.2 Å². The lowest BCUT2D eigenvalue weighted by molar-refractivity contribution is -0.138. The molecule has 4 rings (SSSR count). The maximum absolute atomic E-state index is 11.9. The number of carbonyl (C=O) groups is 3. The van der Waals surface area contributed by atoms with Crippen LogP contribution in [0.4, 0.5) is 4.79 Å². The average molecular weight is 649 g/mol. The molecule has 4 aliphatic carbocycles. The second-order valence-electron chi connectivity index (χ2n) is 13.6. The normalized spacial score (nSPS) is 31.2. The third kappa shape index (κ3) is 12.2. The summed E-state index contributed by atoms with van der Waals surface area (Å²) in [7, 11) is 0. The van der Waals surface area contributed by atoms with Crippen molar-refractivity contribution in [2.75, 3.05) is 6.54 Å². The summed E-state index contributed by atoms with van der Waals surface area (Å²) in [5.74, 6) is 3.45. The Kier molecular flexibility index (Phi) is 22.4. The molecule has 0 aromatic heterocycles. The highest BCUT2D eigenvalue weighted by molar-refractivity contribution is 5.80. The average Bonchev–Trinajstić information content (AvgIpc) is 3.33. The molecular formula is C36H76N2O7. The van der Waals surface area contributed by atoms with E-state index in [0.717, 1.165) is 61.7 Å². The zero-order chi connectivity index (χ0) is 32.6. The topological polar surface area (TPSA) is 179 Å². The van der Waals surface area contributed by atoms with Crippen molar-refractivity contribution >= 4 is 18.0 Å². The van der Waals surface area contributed by atoms with E-state index in [-0.39, 0.29) is 33.7 Å². The van der Waals surface area contributed by atoms with E-state index in [9.17, 15) is 14.4 Å². The van der Waals surface area contributed by atoms with Gasteiger partial charge in [0.15, 0.2) is 0 Å². The smallest absolute Gasteiger partial charge is 0.404 e. The maximum atomic E-state index is 11.9. The van der Waals surface area contributed by atoms with Crippen LogP contribution in [0.5, 0.6) is 0 Å². The molecular weight excluding hydrogens is 572 g/mol. The molecule has 0 radical (unpaired) electrons. The van der Waals surface area contributed by atoms with Crippen LogP contribution >= 0.6 is 0 Å². The van der Waals surface area contributed by atoms with Crippen LogP contribution in [0.2, 0.25) is 0 Å². The number of amides is 2. The summed E-state index contributed by atoms with van der Waals surface area (Å²) >= 11 is 0. The number of carboxylic acids is 1. The highest BCUT2D eigenvalue weighted by atomic mass is 16.4. The zero-order valence-electron chi connectivity index (χ0n) is 29.5. The molecule has 8 atom stereocenters. The van der Waals surface area contributed by atoms with E-state index < -0.39 is 12.1 Å². The van der Waals surface area contributed by atoms with Crippen LogP contribution in [0.1, 0.15) is 149 Å². The van der Waals surface area contributed by atoms with E-state index >= 15 is 0 Å². The third-order valence-electron chi connectivity index (χ3n) is 11.6. The highest BCUT2D eigenvalue weighted by Crippen LogP contribution is 2.67. The lowest BCUT2D eigenvalue weighted by Gasteiger charge is -2.60. The van der Waals surface area contributed by atoms with Gasteiger partial charge in [0.25, 0.3) is 0 Å². The number of fused-ring (bicyclic) bond motifs is 5. The molecule has 4 saturated carbocycles. The van der Waals surface area contributed by atoms with E-state index in [1.54, 1.807) is 0 Å². The van der Waals surface area contributed by atoms with Gasteiger partial charge in [-0.3, -0.25) is 9.59 Å². The summed E-state index contributed by atoms with van der Waals surface area (Å²) in [6.07, 6.45) is 18.8. The fourth-order valence-corrected chi connectivity index (χ4v) is 9.55. The first-order valence-corrected chi connectivity index (χ1v) is 17.5. The predicted molar refractivity (Wildman–Crippen MR) is 191 cm³/mol. The van der Waals surface area contributed by atoms with Gasteiger partial charge in [-0.15, -0.1) is 13.2 Å². The molecule has 9 nitrogen and oxygen atoms in total. The number of aliphatic carboxylic acids is 1. The molecule has 0 saturated heterocycles. The molecule has 272 valence electrons. The molecule has 3 unspecified atom stereocenters. The Morgan fingerprint density at radius 3 is 2.11 bits per heavy atom. The van der Waals surface area contributed by atoms with Gasteiger partial charge in [0.2, 0.25) is 5.91 Å². The van der Waals surface area contributed by atoms with Gasteiger partial charge in [0.05, 0.1) is 0 Å². The summed E-state index contributed by atoms with van der Waals surface area (Å²) in [5, 5.41) is 22.0. The number of carboxylic acid groups (broad SMARTS) is 2. The summed E-state index contributed by atoms with van der Waals surface area (Å²) in [5.41, 5.74) is 1.08. The molecule has 0 spiro atoms. The van der Waals surface area contributed by atoms with Crippen molar-refractivity contribution in [1.82, 2.24) is 10.6 Å². The maximum Gasteiger partial charge on any atom is 0.404 e. The fourth-order valence-electron chi connectivity index (χ4n) is 9.55. The van der Waals surface area contributed by atoms with Crippen molar-refractivity contribution in [3.8, 4) is 0 Å². The predicted octanol–water partition coefficient (Wildman–Crippen LogP) is 8.16. The van der Waals surface area contributed by atoms with E-state index in [2.05, 4.69) is 37.6 Å². The number of carbonyl (C=O) groups excluding carboxylic acids is 1. The monoisotopic (exact) mass is 649 g/mol. The van der Waals surface area contributed by atoms with Crippen molar-refractivity contribution in [2.45, 2.75) is 150 Å². The number of nitrogens with one attached hydrogen (secondary N) is 2. The zero-order valence-corrected chi connectivity index (χ0v) is 29.5. The quantitative estimate of drug-likeness (QED) is 0.174. The molecule has 45 heavy (non-hydrogen) atoms. The minimum atomic E-state index is -0.970. The Balaban J connectivity index is -0.000000282. The third-order valence-corrected chi connectivity index (χ3v) is 11.6. The van der Waals surface area contributed by atoms with Crippen LogP contribution in [0.3, 0.4) is 0 Å². The largest absolute Gasteiger partial charge is 0.480 e. The summed E-state index contributed by atoms with van der Waals surface area (Å²) in [4.78, 5) is 32.6. The van der Waals surface area contributed by atoms with E-state index in [1.807, 2.05) is 27.7 Å². The number of rotatable bonds is 10. The van der Waals surface area contributed by atoms with E-state index in [0.29, 0.717) is 17.3 Å². The molecule has 8 N–H and O–H groups in total. The molecule has 0 bridgehead atoms. The first-order chi connectivity index (χ1) is 20.5. The molecule has 9 heteroatoms. The second-order valence-corrected chi connectivity index (χ2v) is 13.6. The molecule has 0 aromatic rings. The van der Waals surface area contributed by atoms with Gasteiger partial charge in [0, 0.05) is 16.7 Å². The van der Waals surface area contributed by atoms with Gasteiger partial charge in [-0.05, 0) is 117 Å². The van der Waals surface area contributed by atoms with Gasteiger partial charge in [-0.25, -0.2) is 4.79 Å². The van der Waals surface area contributed by atoms with Crippen LogP contribution < -0.4 is 10.6 Å². The SMILES string of the molecule is C=C.CC.CCCC(CC)NC(=O)O.C[C@]12CCC3[C@@H](CC[C@@H]4CCCC[C@]34C)C1CC[C@@H]2CCCC(=O)NCC(=O)O.O.O.[HH].[HH].[HH]. The van der Waals surface area contributed by atoms with Crippen molar-refractivity contribution in [2.24, 2.45) is 40.4 Å². The van der Waals surface area contributed by atoms with Gasteiger partial charge in [0.1, 0.15) is 6.54 Å². The summed E-state index contributed by atoms with van der Waals surface area (Å²) < 4.78 is 0. The Hall–Kier alpha value is -2.13. The van der Waals surface area contributed by atoms with E-state index in [1.165, 1.54) is 64.2 Å². The second kappa shape index (κ2) is 22.4. The van der Waals surface area contributed by atoms with E-state index in [4.69, 9.17) is 10.2 Å². The lowest BCUT2D eigenvalue weighted by Crippen LogP contribution is -2.52. The molecule has 4 aliphatic rings. The first kappa shape index (κ1) is 45.0. The molecule has 2 amide bonds. The van der Waals surface area contributed by atoms with Crippen molar-refractivity contribution in [1.29, 1.82) is 0 Å². The summed E-state index contributed by atoms with van der Waals surface area (Å²) in [6, 6.07) is 0.141. The molecule has 0 heterocycles. The van der Waals surface area contributed by atoms with Crippen molar-refractivity contribution < 1.29 is 39.8 Å². The van der Waals surface area contributed by atoms with Crippen LogP contribution in [-0.2, 0) is 9.59 Å². The minimum Gasteiger partial charge on any atom is -0.480 e.